The van der Waals surface area contributed by atoms with E-state index >= 15 is 0 Å². The third-order valence-electron chi connectivity index (χ3n) is 2.47. The predicted octanol–water partition coefficient (Wildman–Crippen LogP) is 0.886. The lowest BCUT2D eigenvalue weighted by Gasteiger charge is -2.29. The Morgan fingerprint density at radius 1 is 1.21 bits per heavy atom. The van der Waals surface area contributed by atoms with Crippen molar-refractivity contribution in [2.45, 2.75) is 45.3 Å². The fourth-order valence-electron chi connectivity index (χ4n) is 1.66. The minimum absolute atomic E-state index is 0.118. The number of esters is 2. The Labute approximate surface area is 114 Å². The summed E-state index contributed by atoms with van der Waals surface area (Å²) in [5.74, 6) is -0.586. The lowest BCUT2D eigenvalue weighted by Crippen LogP contribution is -2.48. The molecule has 0 saturated carbocycles. The van der Waals surface area contributed by atoms with Crippen molar-refractivity contribution in [3.63, 3.8) is 0 Å². The van der Waals surface area contributed by atoms with Crippen LogP contribution in [0.1, 0.15) is 33.6 Å². The molecule has 1 N–H and O–H groups in total. The van der Waals surface area contributed by atoms with Crippen molar-refractivity contribution in [3.05, 3.63) is 0 Å². The summed E-state index contributed by atoms with van der Waals surface area (Å²) >= 11 is 0. The number of hydrogen-bond donors (Lipinski definition) is 1. The molecule has 6 heteroatoms. The molecule has 0 heterocycles. The van der Waals surface area contributed by atoms with Gasteiger partial charge in [-0.05, 0) is 20.8 Å². The molecule has 112 valence electrons. The highest BCUT2D eigenvalue weighted by molar-refractivity contribution is 5.71. The van der Waals surface area contributed by atoms with Gasteiger partial charge in [0.25, 0.3) is 0 Å². The fourth-order valence-corrected chi connectivity index (χ4v) is 1.66. The van der Waals surface area contributed by atoms with Gasteiger partial charge in [0.15, 0.2) is 0 Å². The highest BCUT2D eigenvalue weighted by Crippen LogP contribution is 2.11. The quantitative estimate of drug-likeness (QED) is 0.630. The van der Waals surface area contributed by atoms with E-state index in [1.54, 1.807) is 21.0 Å². The molecular formula is C13H25NO5. The van der Waals surface area contributed by atoms with Crippen LogP contribution < -0.4 is 5.32 Å². The summed E-state index contributed by atoms with van der Waals surface area (Å²) < 4.78 is 14.8. The number of carbonyl (C=O) groups is 2. The first-order valence-electron chi connectivity index (χ1n) is 6.33. The number of methoxy groups -OCH3 is 2. The van der Waals surface area contributed by atoms with Crippen LogP contribution in [0.3, 0.4) is 0 Å². The second kappa shape index (κ2) is 8.87. The van der Waals surface area contributed by atoms with Gasteiger partial charge in [0, 0.05) is 19.2 Å². The zero-order chi connectivity index (χ0) is 14.9. The maximum absolute atomic E-state index is 11.4. The summed E-state index contributed by atoms with van der Waals surface area (Å²) in [7, 11) is 2.90. The van der Waals surface area contributed by atoms with Gasteiger partial charge in [-0.25, -0.2) is 0 Å². The van der Waals surface area contributed by atoms with Crippen molar-refractivity contribution < 1.29 is 23.8 Å². The molecule has 0 rings (SSSR count). The van der Waals surface area contributed by atoms with Crippen molar-refractivity contribution in [1.82, 2.24) is 5.32 Å². The van der Waals surface area contributed by atoms with Gasteiger partial charge in [0.05, 0.1) is 32.7 Å². The molecule has 0 aromatic carbocycles. The number of ether oxygens (including phenoxy) is 3. The van der Waals surface area contributed by atoms with Gasteiger partial charge in [0.2, 0.25) is 0 Å². The highest BCUT2D eigenvalue weighted by Gasteiger charge is 2.27. The summed E-state index contributed by atoms with van der Waals surface area (Å²) in [6, 6.07) is 0. The topological polar surface area (TPSA) is 73.9 Å². The summed E-state index contributed by atoms with van der Waals surface area (Å²) in [4.78, 5) is 22.7. The molecule has 0 aromatic heterocycles. The average Bonchev–Trinajstić information content (AvgIpc) is 2.27. The summed E-state index contributed by atoms with van der Waals surface area (Å²) in [5, 5.41) is 3.14. The SMILES string of the molecule is COC[C@@](C)(CC(=O)OC)NCCC(=O)OC(C)C. The fraction of sp³-hybridized carbons (Fsp3) is 0.846. The van der Waals surface area contributed by atoms with Crippen molar-refractivity contribution in [1.29, 1.82) is 0 Å². The monoisotopic (exact) mass is 275 g/mol. The Bertz CT molecular complexity index is 293. The second-order valence-corrected chi connectivity index (χ2v) is 4.96. The molecule has 0 amide bonds. The molecule has 0 bridgehead atoms. The Kier molecular flexibility index (Phi) is 8.34. The number of hydrogen-bond acceptors (Lipinski definition) is 6. The first-order chi connectivity index (χ1) is 8.83. The van der Waals surface area contributed by atoms with Crippen LogP contribution in [0, 0.1) is 0 Å². The van der Waals surface area contributed by atoms with Crippen molar-refractivity contribution >= 4 is 11.9 Å². The van der Waals surface area contributed by atoms with Crippen LogP contribution in [0.25, 0.3) is 0 Å². The van der Waals surface area contributed by atoms with E-state index in [1.807, 2.05) is 6.92 Å². The lowest BCUT2D eigenvalue weighted by molar-refractivity contribution is -0.147. The molecule has 0 aromatic rings. The number of carbonyl (C=O) groups excluding carboxylic acids is 2. The van der Waals surface area contributed by atoms with Gasteiger partial charge in [-0.3, -0.25) is 9.59 Å². The van der Waals surface area contributed by atoms with Gasteiger partial charge in [-0.1, -0.05) is 0 Å². The van der Waals surface area contributed by atoms with E-state index in [-0.39, 0.29) is 30.9 Å². The first-order valence-corrected chi connectivity index (χ1v) is 6.33. The van der Waals surface area contributed by atoms with E-state index in [0.717, 1.165) is 0 Å². The Morgan fingerprint density at radius 2 is 1.84 bits per heavy atom. The van der Waals surface area contributed by atoms with Gasteiger partial charge in [-0.15, -0.1) is 0 Å². The Hall–Kier alpha value is -1.14. The average molecular weight is 275 g/mol. The van der Waals surface area contributed by atoms with E-state index in [2.05, 4.69) is 10.1 Å². The van der Waals surface area contributed by atoms with E-state index in [9.17, 15) is 9.59 Å². The molecule has 0 radical (unpaired) electrons. The molecule has 19 heavy (non-hydrogen) atoms. The van der Waals surface area contributed by atoms with Crippen LogP contribution >= 0.6 is 0 Å². The Balaban J connectivity index is 4.20. The molecule has 0 unspecified atom stereocenters. The van der Waals surface area contributed by atoms with Gasteiger partial charge >= 0.3 is 11.9 Å². The molecule has 1 atom stereocenters. The lowest BCUT2D eigenvalue weighted by atomic mass is 9.99. The van der Waals surface area contributed by atoms with Gasteiger partial charge in [0.1, 0.15) is 0 Å². The molecule has 0 aliphatic carbocycles. The van der Waals surface area contributed by atoms with Crippen LogP contribution in [0.2, 0.25) is 0 Å². The first kappa shape index (κ1) is 17.9. The van der Waals surface area contributed by atoms with E-state index in [0.29, 0.717) is 13.2 Å². The minimum atomic E-state index is -0.556. The molecule has 0 spiro atoms. The highest BCUT2D eigenvalue weighted by atomic mass is 16.5. The maximum atomic E-state index is 11.4. The summed E-state index contributed by atoms with van der Waals surface area (Å²) in [6.45, 7) is 6.22. The van der Waals surface area contributed by atoms with Crippen LogP contribution in [0.5, 0.6) is 0 Å². The molecule has 0 fully saturated rings. The van der Waals surface area contributed by atoms with Gasteiger partial charge in [-0.2, -0.15) is 0 Å². The molecule has 0 saturated heterocycles. The minimum Gasteiger partial charge on any atom is -0.469 e. The largest absolute Gasteiger partial charge is 0.469 e. The summed E-state index contributed by atoms with van der Waals surface area (Å²) in [5.41, 5.74) is -0.556. The standard InChI is InChI=1S/C13H25NO5/c1-10(2)19-11(15)6-7-14-13(3,9-17-4)8-12(16)18-5/h10,14H,6-9H2,1-5H3/t13-/m1/s1. The van der Waals surface area contributed by atoms with Crippen LogP contribution in [0.4, 0.5) is 0 Å². The van der Waals surface area contributed by atoms with E-state index < -0.39 is 5.54 Å². The van der Waals surface area contributed by atoms with E-state index in [4.69, 9.17) is 9.47 Å². The molecule has 0 aliphatic rings. The van der Waals surface area contributed by atoms with Crippen LogP contribution in [-0.4, -0.2) is 51.0 Å². The Morgan fingerprint density at radius 3 is 2.32 bits per heavy atom. The van der Waals surface area contributed by atoms with Gasteiger partial charge < -0.3 is 19.5 Å². The maximum Gasteiger partial charge on any atom is 0.307 e. The van der Waals surface area contributed by atoms with Crippen molar-refractivity contribution in [2.24, 2.45) is 0 Å². The van der Waals surface area contributed by atoms with E-state index in [1.165, 1.54) is 7.11 Å². The summed E-state index contributed by atoms with van der Waals surface area (Å²) in [6.07, 6.45) is 0.308. The number of nitrogens with one attached hydrogen (secondary N) is 1. The molecular weight excluding hydrogens is 250 g/mol. The number of rotatable bonds is 9. The van der Waals surface area contributed by atoms with Crippen LogP contribution in [-0.2, 0) is 23.8 Å². The normalized spacial score (nSPS) is 14.0. The van der Waals surface area contributed by atoms with Crippen LogP contribution in [0.15, 0.2) is 0 Å². The smallest absolute Gasteiger partial charge is 0.307 e. The molecule has 6 nitrogen and oxygen atoms in total. The third kappa shape index (κ3) is 8.56. The zero-order valence-corrected chi connectivity index (χ0v) is 12.4. The van der Waals surface area contributed by atoms with Crippen molar-refractivity contribution in [2.75, 3.05) is 27.4 Å². The molecule has 0 aliphatic heterocycles. The predicted molar refractivity (Wildman–Crippen MR) is 70.8 cm³/mol. The third-order valence-corrected chi connectivity index (χ3v) is 2.47. The van der Waals surface area contributed by atoms with Crippen molar-refractivity contribution in [3.8, 4) is 0 Å². The second-order valence-electron chi connectivity index (χ2n) is 4.96. The zero-order valence-electron chi connectivity index (χ0n) is 12.4.